The zero-order valence-electron chi connectivity index (χ0n) is 24.9. The molecule has 3 aromatic carbocycles. The topological polar surface area (TPSA) is 122 Å². The smallest absolute Gasteiger partial charge is 0.328 e. The lowest BCUT2D eigenvalue weighted by Crippen LogP contribution is -2.42. The molecular formula is C34H34N2O8. The predicted octanol–water partition coefficient (Wildman–Crippen LogP) is 5.53. The van der Waals surface area contributed by atoms with E-state index in [9.17, 15) is 14.4 Å². The van der Waals surface area contributed by atoms with Crippen molar-refractivity contribution in [3.05, 3.63) is 108 Å². The zero-order valence-corrected chi connectivity index (χ0v) is 24.9. The maximum Gasteiger partial charge on any atom is 0.328 e. The summed E-state index contributed by atoms with van der Waals surface area (Å²) in [6.45, 7) is 4.00. The lowest BCUT2D eigenvalue weighted by Gasteiger charge is -2.27. The van der Waals surface area contributed by atoms with E-state index < -0.39 is 42.9 Å². The van der Waals surface area contributed by atoms with Crippen molar-refractivity contribution < 1.29 is 38.1 Å². The third-order valence-electron chi connectivity index (χ3n) is 6.53. The van der Waals surface area contributed by atoms with Crippen molar-refractivity contribution >= 4 is 17.8 Å². The van der Waals surface area contributed by atoms with E-state index in [1.165, 1.54) is 33.2 Å². The lowest BCUT2D eigenvalue weighted by molar-refractivity contribution is -0.155. The van der Waals surface area contributed by atoms with E-state index in [4.69, 9.17) is 23.7 Å². The second-order valence-electron chi connectivity index (χ2n) is 9.77. The number of carbonyl (C=O) groups is 3. The molecule has 44 heavy (non-hydrogen) atoms. The maximum atomic E-state index is 13.2. The molecule has 1 N–H and O–H groups in total. The van der Waals surface area contributed by atoms with Crippen molar-refractivity contribution in [3.8, 4) is 28.4 Å². The molecule has 10 heteroatoms. The molecule has 0 fully saturated rings. The molecule has 0 radical (unpaired) electrons. The highest BCUT2D eigenvalue weighted by atomic mass is 16.7. The van der Waals surface area contributed by atoms with E-state index in [1.54, 1.807) is 6.92 Å². The quantitative estimate of drug-likeness (QED) is 0.156. The Morgan fingerprint density at radius 1 is 0.864 bits per heavy atom. The first kappa shape index (κ1) is 31.6. The number of hydrogen-bond acceptors (Lipinski definition) is 9. The van der Waals surface area contributed by atoms with Crippen LogP contribution in [0.25, 0.3) is 11.1 Å². The number of carbonyl (C=O) groups excluding carboxylic acids is 3. The second-order valence-corrected chi connectivity index (χ2v) is 9.77. The largest absolute Gasteiger partial charge is 0.493 e. The van der Waals surface area contributed by atoms with Crippen LogP contribution in [0.3, 0.4) is 0 Å². The minimum Gasteiger partial charge on any atom is -0.493 e. The summed E-state index contributed by atoms with van der Waals surface area (Å²) in [6, 6.07) is 27.5. The number of nitrogens with one attached hydrogen (secondary N) is 1. The molecule has 0 bridgehead atoms. The molecule has 0 aliphatic heterocycles. The molecule has 0 unspecified atom stereocenters. The number of ether oxygens (including phenoxy) is 5. The van der Waals surface area contributed by atoms with Crippen LogP contribution >= 0.6 is 0 Å². The number of nitrogens with zero attached hydrogens (tertiary/aromatic N) is 1. The molecule has 228 valence electrons. The van der Waals surface area contributed by atoms with Crippen LogP contribution in [0.15, 0.2) is 97.2 Å². The highest BCUT2D eigenvalue weighted by molar-refractivity contribution is 5.98. The summed E-state index contributed by atoms with van der Waals surface area (Å²) in [5, 5.41) is 2.59. The van der Waals surface area contributed by atoms with Gasteiger partial charge in [-0.15, -0.1) is 0 Å². The average Bonchev–Trinajstić information content (AvgIpc) is 3.04. The maximum absolute atomic E-state index is 13.2. The summed E-state index contributed by atoms with van der Waals surface area (Å²) in [6.07, 6.45) is -0.0491. The normalized spacial score (nSPS) is 12.6. The van der Waals surface area contributed by atoms with Crippen LogP contribution in [0.1, 0.15) is 42.9 Å². The number of aromatic nitrogens is 1. The number of benzene rings is 3. The highest BCUT2D eigenvalue weighted by Crippen LogP contribution is 2.31. The monoisotopic (exact) mass is 598 g/mol. The summed E-state index contributed by atoms with van der Waals surface area (Å²) >= 11 is 0. The number of rotatable bonds is 13. The van der Waals surface area contributed by atoms with Crippen molar-refractivity contribution in [1.29, 1.82) is 0 Å². The Bertz CT molecular complexity index is 1560. The first-order valence-corrected chi connectivity index (χ1v) is 13.9. The highest BCUT2D eigenvalue weighted by Gasteiger charge is 2.29. The molecule has 0 saturated carbocycles. The van der Waals surface area contributed by atoms with Gasteiger partial charge >= 0.3 is 11.9 Å². The molecule has 10 nitrogen and oxygen atoms in total. The van der Waals surface area contributed by atoms with Gasteiger partial charge in [-0.1, -0.05) is 66.7 Å². The zero-order chi connectivity index (χ0) is 31.5. The number of para-hydroxylation sites is 1. The van der Waals surface area contributed by atoms with Gasteiger partial charge in [0.15, 0.2) is 23.3 Å². The summed E-state index contributed by atoms with van der Waals surface area (Å²) < 4.78 is 27.7. The third kappa shape index (κ3) is 8.34. The van der Waals surface area contributed by atoms with E-state index in [0.29, 0.717) is 5.75 Å². The van der Waals surface area contributed by atoms with Crippen LogP contribution < -0.4 is 19.5 Å². The molecule has 0 spiro atoms. The number of amides is 1. The van der Waals surface area contributed by atoms with Gasteiger partial charge in [0, 0.05) is 19.2 Å². The summed E-state index contributed by atoms with van der Waals surface area (Å²) in [7, 11) is 1.39. The molecule has 3 atom stereocenters. The van der Waals surface area contributed by atoms with Gasteiger partial charge in [0.1, 0.15) is 17.9 Å². The Hall–Kier alpha value is -5.38. The lowest BCUT2D eigenvalue weighted by atomic mass is 9.98. The van der Waals surface area contributed by atoms with Crippen molar-refractivity contribution in [3.63, 3.8) is 0 Å². The molecule has 1 aromatic heterocycles. The van der Waals surface area contributed by atoms with E-state index in [1.807, 2.05) is 84.9 Å². The van der Waals surface area contributed by atoms with Gasteiger partial charge < -0.3 is 29.0 Å². The molecule has 0 aliphatic carbocycles. The molecule has 1 heterocycles. The Kier molecular flexibility index (Phi) is 10.9. The van der Waals surface area contributed by atoms with Crippen molar-refractivity contribution in [2.45, 2.75) is 39.0 Å². The van der Waals surface area contributed by atoms with E-state index in [0.717, 1.165) is 16.7 Å². The molecule has 4 rings (SSSR count). The van der Waals surface area contributed by atoms with E-state index >= 15 is 0 Å². The van der Waals surface area contributed by atoms with E-state index in [-0.39, 0.29) is 17.2 Å². The molecule has 1 amide bonds. The number of pyridine rings is 1. The summed E-state index contributed by atoms with van der Waals surface area (Å²) in [4.78, 5) is 41.6. The average molecular weight is 599 g/mol. The van der Waals surface area contributed by atoms with Crippen LogP contribution in [0, 0.1) is 0 Å². The summed E-state index contributed by atoms with van der Waals surface area (Å²) in [5.41, 5.74) is 2.67. The van der Waals surface area contributed by atoms with Gasteiger partial charge in [0.2, 0.25) is 6.79 Å². The van der Waals surface area contributed by atoms with Gasteiger partial charge in [-0.3, -0.25) is 9.59 Å². The standard InChI is InChI=1S/C34H34N2O8/c1-22(36-33(38)30-32(42-21-41-24(3)37)29(40-4)18-19-35-30)34(39)43-23(2)31(44-28-16-9-6-10-17-28)27-15-11-14-26(20-27)25-12-7-5-8-13-25/h5-20,22-23,31H,21H2,1-4H3,(H,36,38)/t22-,23-,31-/m0/s1. The SMILES string of the molecule is COc1ccnc(C(=O)N[C@@H](C)C(=O)O[C@@H](C)[C@H](Oc2ccccc2)c2cccc(-c3ccccc3)c2)c1OCOC(C)=O. The van der Waals surface area contributed by atoms with Gasteiger partial charge in [0.05, 0.1) is 7.11 Å². The molecular weight excluding hydrogens is 564 g/mol. The fraction of sp³-hybridized carbons (Fsp3) is 0.235. The number of methoxy groups -OCH3 is 1. The fourth-order valence-corrected chi connectivity index (χ4v) is 4.34. The predicted molar refractivity (Wildman–Crippen MR) is 162 cm³/mol. The van der Waals surface area contributed by atoms with Crippen LogP contribution in [-0.4, -0.2) is 48.9 Å². The Balaban J connectivity index is 1.50. The minimum absolute atomic E-state index is 0.0442. The van der Waals surface area contributed by atoms with Crippen molar-refractivity contribution in [2.75, 3.05) is 13.9 Å². The molecule has 4 aromatic rings. The van der Waals surface area contributed by atoms with Crippen LogP contribution in [0.5, 0.6) is 17.2 Å². The van der Waals surface area contributed by atoms with Crippen LogP contribution in [-0.2, 0) is 19.1 Å². The van der Waals surface area contributed by atoms with Crippen LogP contribution in [0.2, 0.25) is 0 Å². The van der Waals surface area contributed by atoms with Gasteiger partial charge in [0.25, 0.3) is 5.91 Å². The first-order valence-electron chi connectivity index (χ1n) is 13.9. The number of hydrogen-bond donors (Lipinski definition) is 1. The minimum atomic E-state index is -1.06. The Morgan fingerprint density at radius 2 is 1.55 bits per heavy atom. The van der Waals surface area contributed by atoms with Gasteiger partial charge in [-0.2, -0.15) is 0 Å². The van der Waals surface area contributed by atoms with Gasteiger partial charge in [-0.05, 0) is 48.7 Å². The van der Waals surface area contributed by atoms with Crippen molar-refractivity contribution in [2.24, 2.45) is 0 Å². The second kappa shape index (κ2) is 15.2. The van der Waals surface area contributed by atoms with Gasteiger partial charge in [-0.25, -0.2) is 9.78 Å². The Labute approximate surface area is 255 Å². The third-order valence-corrected chi connectivity index (χ3v) is 6.53. The Morgan fingerprint density at radius 3 is 2.23 bits per heavy atom. The first-order chi connectivity index (χ1) is 21.3. The van der Waals surface area contributed by atoms with Crippen LogP contribution in [0.4, 0.5) is 0 Å². The fourth-order valence-electron chi connectivity index (χ4n) is 4.34. The van der Waals surface area contributed by atoms with E-state index in [2.05, 4.69) is 10.3 Å². The molecule has 0 aliphatic rings. The summed E-state index contributed by atoms with van der Waals surface area (Å²) in [5.74, 6) is -1.21. The molecule has 0 saturated heterocycles. The number of esters is 2. The van der Waals surface area contributed by atoms with Crippen molar-refractivity contribution in [1.82, 2.24) is 10.3 Å².